The van der Waals surface area contributed by atoms with Crippen LogP contribution in [0.3, 0.4) is 0 Å². The summed E-state index contributed by atoms with van der Waals surface area (Å²) in [6.07, 6.45) is 2.49. The number of benzene rings is 1. The topological polar surface area (TPSA) is 33.0 Å². The number of rotatable bonds is 2. The molecule has 4 heteroatoms. The molecule has 1 aliphatic rings. The van der Waals surface area contributed by atoms with E-state index >= 15 is 0 Å². The van der Waals surface area contributed by atoms with E-state index in [9.17, 15) is 5.26 Å². The summed E-state index contributed by atoms with van der Waals surface area (Å²) in [5.74, 6) is 0. The molecule has 1 fully saturated rings. The standard InChI is InChI=1S/C13H13BrClNO/c14-11-3-2-10(12(15)6-11)7-13(8-16)4-1-5-17-9-13/h2-3,6H,1,4-5,7,9H2. The second kappa shape index (κ2) is 5.39. The fourth-order valence-corrected chi connectivity index (χ4v) is 2.89. The quantitative estimate of drug-likeness (QED) is 0.827. The van der Waals surface area contributed by atoms with Crippen LogP contribution in [0, 0.1) is 16.7 Å². The van der Waals surface area contributed by atoms with Crippen LogP contribution in [-0.2, 0) is 11.2 Å². The third kappa shape index (κ3) is 3.01. The van der Waals surface area contributed by atoms with Gasteiger partial charge in [0.25, 0.3) is 0 Å². The van der Waals surface area contributed by atoms with Crippen molar-refractivity contribution in [2.45, 2.75) is 19.3 Å². The van der Waals surface area contributed by atoms with Crippen LogP contribution in [0.15, 0.2) is 22.7 Å². The van der Waals surface area contributed by atoms with Gasteiger partial charge in [0.1, 0.15) is 0 Å². The van der Waals surface area contributed by atoms with Crippen LogP contribution in [0.5, 0.6) is 0 Å². The summed E-state index contributed by atoms with van der Waals surface area (Å²) in [7, 11) is 0. The van der Waals surface area contributed by atoms with E-state index in [2.05, 4.69) is 22.0 Å². The lowest BCUT2D eigenvalue weighted by Crippen LogP contribution is -2.32. The molecule has 1 saturated heterocycles. The van der Waals surface area contributed by atoms with Crippen molar-refractivity contribution in [2.75, 3.05) is 13.2 Å². The van der Waals surface area contributed by atoms with E-state index in [1.807, 2.05) is 18.2 Å². The minimum absolute atomic E-state index is 0.407. The number of nitrogens with zero attached hydrogens (tertiary/aromatic N) is 1. The van der Waals surface area contributed by atoms with Crippen molar-refractivity contribution in [3.05, 3.63) is 33.3 Å². The Morgan fingerprint density at radius 1 is 1.53 bits per heavy atom. The molecule has 0 radical (unpaired) electrons. The van der Waals surface area contributed by atoms with E-state index in [0.29, 0.717) is 18.1 Å². The highest BCUT2D eigenvalue weighted by Gasteiger charge is 2.33. The molecule has 0 saturated carbocycles. The van der Waals surface area contributed by atoms with Crippen molar-refractivity contribution in [2.24, 2.45) is 5.41 Å². The van der Waals surface area contributed by atoms with E-state index in [1.54, 1.807) is 0 Å². The van der Waals surface area contributed by atoms with Crippen LogP contribution in [0.1, 0.15) is 18.4 Å². The largest absolute Gasteiger partial charge is 0.380 e. The molecular formula is C13H13BrClNO. The maximum atomic E-state index is 9.37. The van der Waals surface area contributed by atoms with Gasteiger partial charge >= 0.3 is 0 Å². The zero-order chi connectivity index (χ0) is 12.3. The Labute approximate surface area is 115 Å². The van der Waals surface area contributed by atoms with Gasteiger partial charge in [-0.05, 0) is 37.0 Å². The smallest absolute Gasteiger partial charge is 0.0848 e. The maximum Gasteiger partial charge on any atom is 0.0848 e. The molecule has 0 aliphatic carbocycles. The van der Waals surface area contributed by atoms with Gasteiger partial charge in [-0.2, -0.15) is 5.26 Å². The molecule has 1 atom stereocenters. The number of hydrogen-bond acceptors (Lipinski definition) is 2. The second-order valence-corrected chi connectivity index (χ2v) is 5.78. The highest BCUT2D eigenvalue weighted by Crippen LogP contribution is 2.34. The number of ether oxygens (including phenoxy) is 1. The lowest BCUT2D eigenvalue weighted by molar-refractivity contribution is 0.0224. The molecule has 0 bridgehead atoms. The Morgan fingerprint density at radius 2 is 2.35 bits per heavy atom. The lowest BCUT2D eigenvalue weighted by atomic mass is 9.78. The van der Waals surface area contributed by atoms with E-state index in [-0.39, 0.29) is 0 Å². The van der Waals surface area contributed by atoms with Crippen molar-refractivity contribution in [3.63, 3.8) is 0 Å². The van der Waals surface area contributed by atoms with Gasteiger partial charge in [0, 0.05) is 16.1 Å². The van der Waals surface area contributed by atoms with Crippen molar-refractivity contribution in [1.29, 1.82) is 5.26 Å². The minimum Gasteiger partial charge on any atom is -0.380 e. The van der Waals surface area contributed by atoms with Gasteiger partial charge in [-0.15, -0.1) is 0 Å². The average molecular weight is 315 g/mol. The number of halogens is 2. The fraction of sp³-hybridized carbons (Fsp3) is 0.462. The van der Waals surface area contributed by atoms with Crippen molar-refractivity contribution >= 4 is 27.5 Å². The Kier molecular flexibility index (Phi) is 4.09. The normalized spacial score (nSPS) is 24.3. The van der Waals surface area contributed by atoms with Crippen LogP contribution in [0.25, 0.3) is 0 Å². The first-order valence-electron chi connectivity index (χ1n) is 5.58. The third-order valence-corrected chi connectivity index (χ3v) is 3.95. The minimum atomic E-state index is -0.407. The van der Waals surface area contributed by atoms with Crippen LogP contribution < -0.4 is 0 Å². The first-order chi connectivity index (χ1) is 8.15. The SMILES string of the molecule is N#CC1(Cc2ccc(Br)cc2Cl)CCCOC1. The van der Waals surface area contributed by atoms with Crippen LogP contribution in [0.2, 0.25) is 5.02 Å². The molecule has 0 amide bonds. The number of hydrogen-bond donors (Lipinski definition) is 0. The van der Waals surface area contributed by atoms with Gasteiger partial charge in [0.05, 0.1) is 18.1 Å². The Hall–Kier alpha value is -0.560. The van der Waals surface area contributed by atoms with Crippen molar-refractivity contribution in [3.8, 4) is 6.07 Å². The molecule has 0 N–H and O–H groups in total. The average Bonchev–Trinajstić information content (AvgIpc) is 2.34. The summed E-state index contributed by atoms with van der Waals surface area (Å²) in [4.78, 5) is 0. The molecule has 1 aromatic carbocycles. The zero-order valence-corrected chi connectivity index (χ0v) is 11.7. The van der Waals surface area contributed by atoms with E-state index in [0.717, 1.165) is 29.5 Å². The van der Waals surface area contributed by atoms with Crippen LogP contribution >= 0.6 is 27.5 Å². The Bertz CT molecular complexity index is 449. The van der Waals surface area contributed by atoms with E-state index < -0.39 is 5.41 Å². The van der Waals surface area contributed by atoms with Gasteiger partial charge in [-0.3, -0.25) is 0 Å². The van der Waals surface area contributed by atoms with Crippen molar-refractivity contribution < 1.29 is 4.74 Å². The van der Waals surface area contributed by atoms with Gasteiger partial charge in [0.15, 0.2) is 0 Å². The monoisotopic (exact) mass is 313 g/mol. The van der Waals surface area contributed by atoms with Crippen molar-refractivity contribution in [1.82, 2.24) is 0 Å². The van der Waals surface area contributed by atoms with Crippen LogP contribution in [0.4, 0.5) is 0 Å². The molecule has 0 aromatic heterocycles. The third-order valence-electron chi connectivity index (χ3n) is 3.10. The molecule has 17 heavy (non-hydrogen) atoms. The Morgan fingerprint density at radius 3 is 2.94 bits per heavy atom. The molecule has 90 valence electrons. The summed E-state index contributed by atoms with van der Waals surface area (Å²) < 4.78 is 6.39. The van der Waals surface area contributed by atoms with E-state index in [1.165, 1.54) is 0 Å². The summed E-state index contributed by atoms with van der Waals surface area (Å²) in [6.45, 7) is 1.27. The molecule has 1 aliphatic heterocycles. The highest BCUT2D eigenvalue weighted by molar-refractivity contribution is 9.10. The summed E-state index contributed by atoms with van der Waals surface area (Å²) in [5, 5.41) is 10.1. The molecule has 1 aromatic rings. The van der Waals surface area contributed by atoms with Gasteiger partial charge in [-0.25, -0.2) is 0 Å². The molecule has 2 rings (SSSR count). The first kappa shape index (κ1) is 12.9. The van der Waals surface area contributed by atoms with E-state index in [4.69, 9.17) is 16.3 Å². The van der Waals surface area contributed by atoms with Gasteiger partial charge in [0.2, 0.25) is 0 Å². The second-order valence-electron chi connectivity index (χ2n) is 4.46. The summed E-state index contributed by atoms with van der Waals surface area (Å²) >= 11 is 9.57. The Balaban J connectivity index is 2.21. The molecule has 0 spiro atoms. The highest BCUT2D eigenvalue weighted by atomic mass is 79.9. The predicted molar refractivity (Wildman–Crippen MR) is 71.0 cm³/mol. The van der Waals surface area contributed by atoms with Gasteiger partial charge in [-0.1, -0.05) is 33.6 Å². The molecule has 2 nitrogen and oxygen atoms in total. The molecule has 1 heterocycles. The maximum absolute atomic E-state index is 9.37. The summed E-state index contributed by atoms with van der Waals surface area (Å²) in [5.41, 5.74) is 0.609. The van der Waals surface area contributed by atoms with Gasteiger partial charge < -0.3 is 4.74 Å². The van der Waals surface area contributed by atoms with Crippen LogP contribution in [-0.4, -0.2) is 13.2 Å². The molecule has 1 unspecified atom stereocenters. The fourth-order valence-electron chi connectivity index (χ4n) is 2.15. The first-order valence-corrected chi connectivity index (χ1v) is 6.75. The predicted octanol–water partition coefficient (Wildman–Crippen LogP) is 3.97. The zero-order valence-electron chi connectivity index (χ0n) is 9.38. The summed E-state index contributed by atoms with van der Waals surface area (Å²) in [6, 6.07) is 8.21. The molecular weight excluding hydrogens is 302 g/mol. The lowest BCUT2D eigenvalue weighted by Gasteiger charge is -2.30. The number of nitriles is 1.